The maximum Gasteiger partial charge on any atom is 0.254 e. The van der Waals surface area contributed by atoms with Crippen molar-refractivity contribution in [3.63, 3.8) is 0 Å². The third-order valence-corrected chi connectivity index (χ3v) is 5.19. The zero-order valence-corrected chi connectivity index (χ0v) is 15.8. The number of pyridine rings is 1. The Morgan fingerprint density at radius 1 is 1.32 bits per heavy atom. The van der Waals surface area contributed by atoms with Crippen LogP contribution in [0.25, 0.3) is 12.2 Å². The number of carbonyl (C=O) groups is 1. The van der Waals surface area contributed by atoms with Gasteiger partial charge >= 0.3 is 0 Å². The molecule has 0 aliphatic carbocycles. The van der Waals surface area contributed by atoms with Crippen LogP contribution >= 0.6 is 11.6 Å². The first-order valence-corrected chi connectivity index (χ1v) is 9.45. The van der Waals surface area contributed by atoms with Gasteiger partial charge in [-0.15, -0.1) is 0 Å². The van der Waals surface area contributed by atoms with Gasteiger partial charge in [-0.1, -0.05) is 29.8 Å². The lowest BCUT2D eigenvalue weighted by molar-refractivity contribution is 0.0751. The van der Waals surface area contributed by atoms with E-state index in [9.17, 15) is 9.18 Å². The summed E-state index contributed by atoms with van der Waals surface area (Å²) >= 11 is 5.91. The fraction of sp³-hybridized carbons (Fsp3) is 0.300. The second-order valence-corrected chi connectivity index (χ2v) is 7.30. The Labute approximate surface area is 166 Å². The third-order valence-electron chi connectivity index (χ3n) is 4.94. The maximum absolute atomic E-state index is 15.0. The van der Waals surface area contributed by atoms with Crippen molar-refractivity contribution in [2.75, 3.05) is 18.5 Å². The fourth-order valence-electron chi connectivity index (χ4n) is 3.39. The zero-order valence-electron chi connectivity index (χ0n) is 15.0. The topological polar surface area (TPSA) is 89.3 Å². The van der Waals surface area contributed by atoms with Crippen LogP contribution in [0.15, 0.2) is 24.3 Å². The molecule has 0 bridgehead atoms. The van der Waals surface area contributed by atoms with Crippen LogP contribution in [-0.2, 0) is 11.3 Å². The standard InChI is InChI=1S/C20H20ClFN4O2/c21-12-4-1-11(2-5-12)3-6-16-17-13(9-24-20(17)27)18(22)19(26-16)25-15-7-8-28-10-14(15)23/h1-6,14-15H,7-10,23H2,(H,24,27)(H,25,26)/t14-,15+/m0/s1. The van der Waals surface area contributed by atoms with Crippen molar-refractivity contribution in [2.24, 2.45) is 5.73 Å². The van der Waals surface area contributed by atoms with Crippen LogP contribution in [0.1, 0.15) is 33.6 Å². The molecule has 2 aromatic rings. The molecule has 4 rings (SSSR count). The summed E-state index contributed by atoms with van der Waals surface area (Å²) in [5.74, 6) is -0.740. The third kappa shape index (κ3) is 3.73. The molecule has 28 heavy (non-hydrogen) atoms. The van der Waals surface area contributed by atoms with Crippen LogP contribution in [0, 0.1) is 5.82 Å². The number of benzene rings is 1. The van der Waals surface area contributed by atoms with Gasteiger partial charge < -0.3 is 21.1 Å². The second kappa shape index (κ2) is 7.87. The maximum atomic E-state index is 15.0. The summed E-state index contributed by atoms with van der Waals surface area (Å²) in [6, 6.07) is 6.85. The predicted molar refractivity (Wildman–Crippen MR) is 107 cm³/mol. The molecule has 2 aliphatic rings. The summed E-state index contributed by atoms with van der Waals surface area (Å²) in [6.45, 7) is 1.10. The van der Waals surface area contributed by atoms with Gasteiger partial charge in [-0.2, -0.15) is 0 Å². The van der Waals surface area contributed by atoms with Gasteiger partial charge in [-0.25, -0.2) is 9.37 Å². The molecule has 6 nitrogen and oxygen atoms in total. The van der Waals surface area contributed by atoms with Crippen LogP contribution in [0.5, 0.6) is 0 Å². The van der Waals surface area contributed by atoms with E-state index in [1.807, 2.05) is 18.2 Å². The minimum atomic E-state index is -0.518. The van der Waals surface area contributed by atoms with Crippen molar-refractivity contribution in [1.29, 1.82) is 0 Å². The number of anilines is 1. The first kappa shape index (κ1) is 18.9. The molecule has 1 saturated heterocycles. The zero-order chi connectivity index (χ0) is 19.7. The minimum absolute atomic E-state index is 0.105. The number of aromatic nitrogens is 1. The summed E-state index contributed by atoms with van der Waals surface area (Å²) in [5.41, 5.74) is 7.95. The highest BCUT2D eigenvalue weighted by Gasteiger charge is 2.30. The van der Waals surface area contributed by atoms with E-state index in [2.05, 4.69) is 15.6 Å². The number of amides is 1. The summed E-state index contributed by atoms with van der Waals surface area (Å²) in [5, 5.41) is 6.41. The molecule has 8 heteroatoms. The van der Waals surface area contributed by atoms with E-state index in [1.54, 1.807) is 18.2 Å². The molecule has 0 saturated carbocycles. The molecule has 3 heterocycles. The Morgan fingerprint density at radius 3 is 2.86 bits per heavy atom. The lowest BCUT2D eigenvalue weighted by Gasteiger charge is -2.30. The molecule has 0 spiro atoms. The van der Waals surface area contributed by atoms with E-state index in [-0.39, 0.29) is 35.9 Å². The van der Waals surface area contributed by atoms with Crippen LogP contribution in [0.2, 0.25) is 5.02 Å². The van der Waals surface area contributed by atoms with E-state index in [1.165, 1.54) is 0 Å². The largest absolute Gasteiger partial charge is 0.380 e. The SMILES string of the molecule is N[C@H]1COCC[C@H]1Nc1nc(C=Cc2ccc(Cl)cc2)c2c(c1F)CNC2=O. The highest BCUT2D eigenvalue weighted by Crippen LogP contribution is 2.29. The van der Waals surface area contributed by atoms with Crippen LogP contribution in [-0.4, -0.2) is 36.2 Å². The minimum Gasteiger partial charge on any atom is -0.380 e. The van der Waals surface area contributed by atoms with E-state index < -0.39 is 5.82 Å². The van der Waals surface area contributed by atoms with Crippen molar-refractivity contribution in [2.45, 2.75) is 25.0 Å². The molecule has 1 fully saturated rings. The lowest BCUT2D eigenvalue weighted by Crippen LogP contribution is -2.48. The van der Waals surface area contributed by atoms with Crippen LogP contribution < -0.4 is 16.4 Å². The second-order valence-electron chi connectivity index (χ2n) is 6.86. The Kier molecular flexibility index (Phi) is 5.30. The van der Waals surface area contributed by atoms with Crippen molar-refractivity contribution < 1.29 is 13.9 Å². The first-order chi connectivity index (χ1) is 13.5. The Bertz CT molecular complexity index is 933. The summed E-state index contributed by atoms with van der Waals surface area (Å²) in [4.78, 5) is 16.6. The van der Waals surface area contributed by atoms with Crippen molar-refractivity contribution in [1.82, 2.24) is 10.3 Å². The monoisotopic (exact) mass is 402 g/mol. The molecule has 1 aromatic heterocycles. The van der Waals surface area contributed by atoms with Gasteiger partial charge in [0.2, 0.25) is 0 Å². The quantitative estimate of drug-likeness (QED) is 0.731. The van der Waals surface area contributed by atoms with E-state index >= 15 is 0 Å². The average Bonchev–Trinajstić information content (AvgIpc) is 3.08. The molecule has 1 amide bonds. The number of hydrogen-bond acceptors (Lipinski definition) is 5. The smallest absolute Gasteiger partial charge is 0.254 e. The Hall–Kier alpha value is -2.48. The normalized spacial score (nSPS) is 21.6. The molecule has 146 valence electrons. The predicted octanol–water partition coefficient (Wildman–Crippen LogP) is 2.82. The van der Waals surface area contributed by atoms with E-state index in [0.29, 0.717) is 35.9 Å². The van der Waals surface area contributed by atoms with Crippen LogP contribution in [0.4, 0.5) is 10.2 Å². The summed E-state index contributed by atoms with van der Waals surface area (Å²) < 4.78 is 20.3. The Morgan fingerprint density at radius 2 is 2.11 bits per heavy atom. The lowest BCUT2D eigenvalue weighted by atomic mass is 10.0. The van der Waals surface area contributed by atoms with E-state index in [4.69, 9.17) is 22.1 Å². The van der Waals surface area contributed by atoms with Gasteiger partial charge in [-0.05, 0) is 30.2 Å². The van der Waals surface area contributed by atoms with Crippen molar-refractivity contribution in [3.05, 3.63) is 57.5 Å². The van der Waals surface area contributed by atoms with Gasteiger partial charge in [0.15, 0.2) is 11.6 Å². The number of fused-ring (bicyclic) bond motifs is 1. The fourth-order valence-corrected chi connectivity index (χ4v) is 3.52. The average molecular weight is 403 g/mol. The molecule has 2 atom stereocenters. The number of hydrogen-bond donors (Lipinski definition) is 3. The molecule has 1 aromatic carbocycles. The number of halogens is 2. The summed E-state index contributed by atoms with van der Waals surface area (Å²) in [6.07, 6.45) is 4.18. The number of nitrogens with two attached hydrogens (primary N) is 1. The van der Waals surface area contributed by atoms with Crippen molar-refractivity contribution >= 4 is 35.5 Å². The first-order valence-electron chi connectivity index (χ1n) is 9.07. The highest BCUT2D eigenvalue weighted by atomic mass is 35.5. The van der Waals surface area contributed by atoms with Gasteiger partial charge in [0.05, 0.1) is 17.9 Å². The van der Waals surface area contributed by atoms with E-state index in [0.717, 1.165) is 5.56 Å². The number of nitrogens with zero attached hydrogens (tertiary/aromatic N) is 1. The molecule has 0 radical (unpaired) electrons. The number of rotatable bonds is 4. The highest BCUT2D eigenvalue weighted by molar-refractivity contribution is 6.30. The molecule has 0 unspecified atom stereocenters. The molecular formula is C20H20ClFN4O2. The van der Waals surface area contributed by atoms with Gasteiger partial charge in [0.25, 0.3) is 5.91 Å². The van der Waals surface area contributed by atoms with Gasteiger partial charge in [0, 0.05) is 35.8 Å². The number of nitrogens with one attached hydrogen (secondary N) is 2. The van der Waals surface area contributed by atoms with Gasteiger partial charge in [0.1, 0.15) is 0 Å². The molecule has 2 aliphatic heterocycles. The molecule has 4 N–H and O–H groups in total. The summed E-state index contributed by atoms with van der Waals surface area (Å²) in [7, 11) is 0. The number of carbonyl (C=O) groups excluding carboxylic acids is 1. The van der Waals surface area contributed by atoms with Gasteiger partial charge in [-0.3, -0.25) is 4.79 Å². The number of ether oxygens (including phenoxy) is 1. The van der Waals surface area contributed by atoms with Crippen molar-refractivity contribution in [3.8, 4) is 0 Å². The van der Waals surface area contributed by atoms with Crippen LogP contribution in [0.3, 0.4) is 0 Å². The molecular weight excluding hydrogens is 383 g/mol. The Balaban J connectivity index is 1.69.